The second-order valence-corrected chi connectivity index (χ2v) is 6.30. The molecule has 27 heavy (non-hydrogen) atoms. The van der Waals surface area contributed by atoms with E-state index in [0.29, 0.717) is 5.82 Å². The number of hydrogen-bond donors (Lipinski definition) is 1. The summed E-state index contributed by atoms with van der Waals surface area (Å²) in [5, 5.41) is 4.18. The van der Waals surface area contributed by atoms with E-state index in [2.05, 4.69) is 35.4 Å². The molecule has 4 rings (SSSR count). The number of methoxy groups -OCH3 is 1. The maximum atomic E-state index is 5.37. The lowest BCUT2D eigenvalue weighted by molar-refractivity contribution is 0.415. The molecule has 1 N–H and O–H groups in total. The number of hydrogen-bond acceptors (Lipinski definition) is 5. The summed E-state index contributed by atoms with van der Waals surface area (Å²) < 4.78 is 5.37. The van der Waals surface area contributed by atoms with Crippen LogP contribution in [0.5, 0.6) is 5.75 Å². The lowest BCUT2D eigenvalue weighted by Gasteiger charge is -2.13. The Bertz CT molecular complexity index is 1110. The third kappa shape index (κ3) is 3.19. The SMILES string of the molecule is CNc1nc(-c2cccnc2)nc2cc(C)c(-c3cccc(OC)c3)cc12. The molecule has 0 fully saturated rings. The standard InChI is InChI=1S/C22H20N4O/c1-14-10-20-19(12-18(14)15-6-4-8-17(11-15)27-3)22(23-2)26-21(25-20)16-7-5-9-24-13-16/h4-13H,1-3H3,(H,23,25,26). The molecule has 4 aromatic rings. The van der Waals surface area contributed by atoms with E-state index in [0.717, 1.165) is 44.7 Å². The molecule has 2 heterocycles. The highest BCUT2D eigenvalue weighted by Crippen LogP contribution is 2.33. The molecule has 0 radical (unpaired) electrons. The molecular formula is C22H20N4O. The summed E-state index contributed by atoms with van der Waals surface area (Å²) in [6, 6.07) is 16.2. The Morgan fingerprint density at radius 1 is 0.963 bits per heavy atom. The number of nitrogens with zero attached hydrogens (tertiary/aromatic N) is 3. The van der Waals surface area contributed by atoms with Crippen LogP contribution >= 0.6 is 0 Å². The van der Waals surface area contributed by atoms with Gasteiger partial charge in [0.15, 0.2) is 5.82 Å². The van der Waals surface area contributed by atoms with Gasteiger partial charge in [0.1, 0.15) is 11.6 Å². The monoisotopic (exact) mass is 356 g/mol. The van der Waals surface area contributed by atoms with Crippen molar-refractivity contribution in [2.45, 2.75) is 6.92 Å². The van der Waals surface area contributed by atoms with E-state index in [9.17, 15) is 0 Å². The number of pyridine rings is 1. The first-order valence-corrected chi connectivity index (χ1v) is 8.74. The van der Waals surface area contributed by atoms with E-state index >= 15 is 0 Å². The minimum Gasteiger partial charge on any atom is -0.497 e. The van der Waals surface area contributed by atoms with E-state index in [1.165, 1.54) is 0 Å². The molecule has 5 heteroatoms. The summed E-state index contributed by atoms with van der Waals surface area (Å²) in [5.41, 5.74) is 5.18. The van der Waals surface area contributed by atoms with Crippen LogP contribution in [-0.4, -0.2) is 29.1 Å². The zero-order chi connectivity index (χ0) is 18.8. The van der Waals surface area contributed by atoms with Crippen LogP contribution in [0.15, 0.2) is 60.9 Å². The predicted molar refractivity (Wildman–Crippen MR) is 109 cm³/mol. The van der Waals surface area contributed by atoms with Crippen LogP contribution in [0.2, 0.25) is 0 Å². The minimum atomic E-state index is 0.661. The van der Waals surface area contributed by atoms with Crippen LogP contribution in [0.3, 0.4) is 0 Å². The quantitative estimate of drug-likeness (QED) is 0.573. The van der Waals surface area contributed by atoms with Gasteiger partial charge in [-0.3, -0.25) is 4.98 Å². The number of aromatic nitrogens is 3. The van der Waals surface area contributed by atoms with Crippen molar-refractivity contribution in [3.8, 4) is 28.3 Å². The molecule has 0 aliphatic rings. The number of aryl methyl sites for hydroxylation is 1. The molecule has 2 aromatic heterocycles. The number of ether oxygens (including phenoxy) is 1. The molecule has 134 valence electrons. The molecule has 0 spiro atoms. The molecule has 5 nitrogen and oxygen atoms in total. The number of fused-ring (bicyclic) bond motifs is 1. The third-order valence-electron chi connectivity index (χ3n) is 4.58. The van der Waals surface area contributed by atoms with E-state index < -0.39 is 0 Å². The molecule has 0 bridgehead atoms. The Morgan fingerprint density at radius 2 is 1.81 bits per heavy atom. The average Bonchev–Trinajstić information content (AvgIpc) is 2.73. The molecule has 0 saturated carbocycles. The Labute approximate surface area is 158 Å². The van der Waals surface area contributed by atoms with Crippen molar-refractivity contribution in [3.63, 3.8) is 0 Å². The van der Waals surface area contributed by atoms with Crippen LogP contribution in [0, 0.1) is 6.92 Å². The molecule has 2 aromatic carbocycles. The van der Waals surface area contributed by atoms with E-state index in [-0.39, 0.29) is 0 Å². The van der Waals surface area contributed by atoms with Gasteiger partial charge in [-0.2, -0.15) is 0 Å². The Morgan fingerprint density at radius 3 is 2.56 bits per heavy atom. The molecule has 0 aliphatic carbocycles. The lowest BCUT2D eigenvalue weighted by Crippen LogP contribution is -2.00. The van der Waals surface area contributed by atoms with E-state index in [1.807, 2.05) is 37.4 Å². The fraction of sp³-hybridized carbons (Fsp3) is 0.136. The van der Waals surface area contributed by atoms with Crippen LogP contribution < -0.4 is 10.1 Å². The first-order chi connectivity index (χ1) is 13.2. The van der Waals surface area contributed by atoms with Crippen molar-refractivity contribution >= 4 is 16.7 Å². The van der Waals surface area contributed by atoms with Gasteiger partial charge in [0.2, 0.25) is 0 Å². The maximum absolute atomic E-state index is 5.37. The van der Waals surface area contributed by atoms with Gasteiger partial charge >= 0.3 is 0 Å². The summed E-state index contributed by atoms with van der Waals surface area (Å²) in [4.78, 5) is 13.6. The fourth-order valence-electron chi connectivity index (χ4n) is 3.20. The zero-order valence-corrected chi connectivity index (χ0v) is 15.5. The second kappa shape index (κ2) is 7.03. The smallest absolute Gasteiger partial charge is 0.163 e. The third-order valence-corrected chi connectivity index (χ3v) is 4.58. The van der Waals surface area contributed by atoms with Gasteiger partial charge in [0, 0.05) is 30.4 Å². The Kier molecular flexibility index (Phi) is 4.42. The Hall–Kier alpha value is -3.47. The highest BCUT2D eigenvalue weighted by atomic mass is 16.5. The van der Waals surface area contributed by atoms with Crippen molar-refractivity contribution in [1.82, 2.24) is 15.0 Å². The van der Waals surface area contributed by atoms with Crippen LogP contribution in [0.4, 0.5) is 5.82 Å². The Balaban J connectivity index is 1.91. The van der Waals surface area contributed by atoms with E-state index in [4.69, 9.17) is 14.7 Å². The number of rotatable bonds is 4. The maximum Gasteiger partial charge on any atom is 0.163 e. The largest absolute Gasteiger partial charge is 0.497 e. The van der Waals surface area contributed by atoms with Gasteiger partial charge < -0.3 is 10.1 Å². The molecule has 0 amide bonds. The normalized spacial score (nSPS) is 10.8. The molecule has 0 aliphatic heterocycles. The second-order valence-electron chi connectivity index (χ2n) is 6.30. The van der Waals surface area contributed by atoms with Crippen molar-refractivity contribution in [2.24, 2.45) is 0 Å². The minimum absolute atomic E-state index is 0.661. The van der Waals surface area contributed by atoms with Crippen molar-refractivity contribution < 1.29 is 4.74 Å². The molecular weight excluding hydrogens is 336 g/mol. The van der Waals surface area contributed by atoms with Crippen LogP contribution in [0.1, 0.15) is 5.56 Å². The average molecular weight is 356 g/mol. The summed E-state index contributed by atoms with van der Waals surface area (Å²) in [5.74, 6) is 2.29. The predicted octanol–water partition coefficient (Wildman–Crippen LogP) is 4.72. The van der Waals surface area contributed by atoms with Crippen molar-refractivity contribution in [2.75, 3.05) is 19.5 Å². The van der Waals surface area contributed by atoms with Gasteiger partial charge in [-0.1, -0.05) is 12.1 Å². The highest BCUT2D eigenvalue weighted by Gasteiger charge is 2.12. The summed E-state index contributed by atoms with van der Waals surface area (Å²) in [7, 11) is 3.55. The number of anilines is 1. The van der Waals surface area contributed by atoms with Gasteiger partial charge in [-0.15, -0.1) is 0 Å². The molecule has 0 atom stereocenters. The molecule has 0 unspecified atom stereocenters. The number of nitrogens with one attached hydrogen (secondary N) is 1. The van der Waals surface area contributed by atoms with Gasteiger partial charge in [0.25, 0.3) is 0 Å². The summed E-state index contributed by atoms with van der Waals surface area (Å²) in [6.45, 7) is 2.10. The first-order valence-electron chi connectivity index (χ1n) is 8.74. The zero-order valence-electron chi connectivity index (χ0n) is 15.5. The molecule has 0 saturated heterocycles. The fourth-order valence-corrected chi connectivity index (χ4v) is 3.20. The van der Waals surface area contributed by atoms with E-state index in [1.54, 1.807) is 19.5 Å². The van der Waals surface area contributed by atoms with Crippen molar-refractivity contribution in [1.29, 1.82) is 0 Å². The highest BCUT2D eigenvalue weighted by molar-refractivity contribution is 5.95. The van der Waals surface area contributed by atoms with Crippen LogP contribution in [0.25, 0.3) is 33.4 Å². The summed E-state index contributed by atoms with van der Waals surface area (Å²) in [6.07, 6.45) is 3.52. The number of benzene rings is 2. The van der Waals surface area contributed by atoms with Gasteiger partial charge in [-0.05, 0) is 60.0 Å². The lowest BCUT2D eigenvalue weighted by atomic mass is 9.98. The summed E-state index contributed by atoms with van der Waals surface area (Å²) >= 11 is 0. The van der Waals surface area contributed by atoms with Gasteiger partial charge in [0.05, 0.1) is 12.6 Å². The van der Waals surface area contributed by atoms with Gasteiger partial charge in [-0.25, -0.2) is 9.97 Å². The van der Waals surface area contributed by atoms with Crippen molar-refractivity contribution in [3.05, 3.63) is 66.5 Å². The topological polar surface area (TPSA) is 59.9 Å². The first kappa shape index (κ1) is 17.0. The van der Waals surface area contributed by atoms with Crippen LogP contribution in [-0.2, 0) is 0 Å².